The Kier molecular flexibility index (Phi) is 3.68. The molecule has 0 bridgehead atoms. The van der Waals surface area contributed by atoms with Crippen LogP contribution in [0.1, 0.15) is 55.3 Å². The predicted octanol–water partition coefficient (Wildman–Crippen LogP) is 3.69. The maximum atomic E-state index is 12.5. The van der Waals surface area contributed by atoms with Crippen LogP contribution in [0.15, 0.2) is 17.5 Å². The number of hydrogen-bond acceptors (Lipinski definition) is 3. The van der Waals surface area contributed by atoms with Crippen LogP contribution in [0.2, 0.25) is 0 Å². The summed E-state index contributed by atoms with van der Waals surface area (Å²) in [4.78, 5) is 19.2. The lowest BCUT2D eigenvalue weighted by Crippen LogP contribution is -2.40. The first-order valence-corrected chi connectivity index (χ1v) is 9.24. The molecule has 0 radical (unpaired) electrons. The molecule has 2 fully saturated rings. The van der Waals surface area contributed by atoms with E-state index in [-0.39, 0.29) is 12.1 Å². The maximum absolute atomic E-state index is 12.5. The van der Waals surface area contributed by atoms with E-state index in [1.165, 1.54) is 17.8 Å². The summed E-state index contributed by atoms with van der Waals surface area (Å²) in [5.74, 6) is 2.01. The maximum Gasteiger partial charge on any atom is 0.317 e. The average Bonchev–Trinajstić information content (AvgIpc) is 3.10. The molecule has 1 saturated heterocycles. The van der Waals surface area contributed by atoms with Crippen LogP contribution >= 0.6 is 11.3 Å². The fourth-order valence-corrected chi connectivity index (χ4v) is 4.63. The summed E-state index contributed by atoms with van der Waals surface area (Å²) in [6, 6.07) is 0.0693. The zero-order valence-corrected chi connectivity index (χ0v) is 13.8. The first-order valence-electron chi connectivity index (χ1n) is 8.36. The molecule has 1 saturated carbocycles. The van der Waals surface area contributed by atoms with Gasteiger partial charge in [0.05, 0.1) is 16.7 Å². The van der Waals surface area contributed by atoms with Gasteiger partial charge in [-0.3, -0.25) is 0 Å². The Hall–Kier alpha value is -1.36. The highest BCUT2D eigenvalue weighted by atomic mass is 32.1. The number of carbonyl (C=O) groups is 1. The number of nitrogens with zero attached hydrogens (tertiary/aromatic N) is 2. The predicted molar refractivity (Wildman–Crippen MR) is 88.0 cm³/mol. The van der Waals surface area contributed by atoms with E-state index >= 15 is 0 Å². The van der Waals surface area contributed by atoms with E-state index in [4.69, 9.17) is 4.98 Å². The van der Waals surface area contributed by atoms with Crippen molar-refractivity contribution in [2.75, 3.05) is 13.1 Å². The second kappa shape index (κ2) is 5.69. The topological polar surface area (TPSA) is 45.2 Å². The Labute approximate surface area is 135 Å². The van der Waals surface area contributed by atoms with Crippen molar-refractivity contribution in [1.82, 2.24) is 15.2 Å². The van der Waals surface area contributed by atoms with E-state index in [1.807, 2.05) is 11.8 Å². The van der Waals surface area contributed by atoms with Gasteiger partial charge in [0.25, 0.3) is 0 Å². The molecular weight excluding hydrogens is 294 g/mol. The average molecular weight is 317 g/mol. The Bertz CT molecular complexity index is 576. The first kappa shape index (κ1) is 14.2. The van der Waals surface area contributed by atoms with Crippen molar-refractivity contribution in [3.05, 3.63) is 28.2 Å². The third kappa shape index (κ3) is 2.78. The van der Waals surface area contributed by atoms with Gasteiger partial charge in [-0.25, -0.2) is 9.78 Å². The van der Waals surface area contributed by atoms with E-state index in [2.05, 4.69) is 22.8 Å². The van der Waals surface area contributed by atoms with Crippen molar-refractivity contribution >= 4 is 17.4 Å². The number of carbonyl (C=O) groups excluding carboxylic acids is 1. The summed E-state index contributed by atoms with van der Waals surface area (Å²) in [6.07, 6.45) is 9.33. The molecule has 2 heterocycles. The van der Waals surface area contributed by atoms with Crippen molar-refractivity contribution in [1.29, 1.82) is 0 Å². The quantitative estimate of drug-likeness (QED) is 0.864. The number of nitrogens with one attached hydrogen (secondary N) is 1. The molecule has 1 aromatic rings. The van der Waals surface area contributed by atoms with Crippen LogP contribution in [0, 0.1) is 11.8 Å². The zero-order chi connectivity index (χ0) is 15.1. The van der Waals surface area contributed by atoms with Gasteiger partial charge in [0.1, 0.15) is 0 Å². The monoisotopic (exact) mass is 317 g/mol. The van der Waals surface area contributed by atoms with Gasteiger partial charge >= 0.3 is 6.03 Å². The van der Waals surface area contributed by atoms with Crippen LogP contribution in [0.25, 0.3) is 0 Å². The molecule has 1 aliphatic heterocycles. The summed E-state index contributed by atoms with van der Waals surface area (Å²) in [6.45, 7) is 3.84. The van der Waals surface area contributed by atoms with Gasteiger partial charge < -0.3 is 10.2 Å². The Morgan fingerprint density at radius 2 is 2.00 bits per heavy atom. The number of urea groups is 1. The number of hydrogen-bond donors (Lipinski definition) is 1. The van der Waals surface area contributed by atoms with Crippen LogP contribution in [0.4, 0.5) is 4.79 Å². The van der Waals surface area contributed by atoms with Crippen molar-refractivity contribution < 1.29 is 4.79 Å². The van der Waals surface area contributed by atoms with Crippen LogP contribution < -0.4 is 5.32 Å². The van der Waals surface area contributed by atoms with Gasteiger partial charge in [0, 0.05) is 24.4 Å². The van der Waals surface area contributed by atoms with Crippen molar-refractivity contribution in [3.63, 3.8) is 0 Å². The Morgan fingerprint density at radius 1 is 1.32 bits per heavy atom. The lowest BCUT2D eigenvalue weighted by atomic mass is 9.86. The molecule has 3 unspecified atom stereocenters. The lowest BCUT2D eigenvalue weighted by molar-refractivity contribution is 0.203. The normalized spacial score (nSPS) is 28.5. The summed E-state index contributed by atoms with van der Waals surface area (Å²) in [5.41, 5.74) is 1.01. The number of thiazole rings is 1. The summed E-state index contributed by atoms with van der Waals surface area (Å²) < 4.78 is 0. The first-order chi connectivity index (χ1) is 10.7. The molecule has 1 aromatic heterocycles. The largest absolute Gasteiger partial charge is 0.330 e. The van der Waals surface area contributed by atoms with Crippen molar-refractivity contribution in [3.8, 4) is 0 Å². The second-order valence-electron chi connectivity index (χ2n) is 6.92. The fourth-order valence-electron chi connectivity index (χ4n) is 3.55. The van der Waals surface area contributed by atoms with E-state index < -0.39 is 0 Å². The van der Waals surface area contributed by atoms with Crippen LogP contribution in [0.5, 0.6) is 0 Å². The van der Waals surface area contributed by atoms with Crippen LogP contribution in [-0.4, -0.2) is 29.0 Å². The summed E-state index contributed by atoms with van der Waals surface area (Å²) in [5, 5.41) is 6.48. The molecular formula is C17H23N3OS. The number of rotatable bonds is 3. The van der Waals surface area contributed by atoms with Gasteiger partial charge in [0.15, 0.2) is 0 Å². The molecule has 5 heteroatoms. The minimum absolute atomic E-state index is 0.00277. The van der Waals surface area contributed by atoms with Crippen molar-refractivity contribution in [2.45, 2.75) is 44.6 Å². The smallest absolute Gasteiger partial charge is 0.317 e. The molecule has 22 heavy (non-hydrogen) atoms. The lowest BCUT2D eigenvalue weighted by Gasteiger charge is -2.20. The summed E-state index contributed by atoms with van der Waals surface area (Å²) in [7, 11) is 0. The minimum Gasteiger partial charge on any atom is -0.330 e. The Balaban J connectivity index is 1.35. The van der Waals surface area contributed by atoms with Crippen LogP contribution in [-0.2, 0) is 0 Å². The Morgan fingerprint density at radius 3 is 2.64 bits per heavy atom. The fraction of sp³-hybridized carbons (Fsp3) is 0.647. The molecule has 3 aliphatic rings. The third-order valence-corrected chi connectivity index (χ3v) is 6.18. The molecule has 118 valence electrons. The number of fused-ring (bicyclic) bond motifs is 1. The highest BCUT2D eigenvalue weighted by molar-refractivity contribution is 7.09. The molecule has 0 aromatic carbocycles. The van der Waals surface area contributed by atoms with E-state index in [0.29, 0.717) is 17.8 Å². The number of aromatic nitrogens is 1. The standard InChI is InChI=1S/C17H23N3OS/c1-11(15-10-22-16(19-15)12-6-7-12)18-17(21)20-8-13-4-2-3-5-14(13)9-20/h2-3,10-14H,4-9H2,1H3,(H,18,21). The van der Waals surface area contributed by atoms with Crippen molar-refractivity contribution in [2.24, 2.45) is 11.8 Å². The molecule has 3 atom stereocenters. The SMILES string of the molecule is CC(NC(=O)N1CC2CC=CCC2C1)c1csc(C2CC2)n1. The molecule has 1 N–H and O–H groups in total. The third-order valence-electron chi connectivity index (χ3n) is 5.16. The van der Waals surface area contributed by atoms with Gasteiger partial charge in [0.2, 0.25) is 0 Å². The van der Waals surface area contributed by atoms with E-state index in [9.17, 15) is 4.79 Å². The molecule has 4 nitrogen and oxygen atoms in total. The number of amides is 2. The zero-order valence-electron chi connectivity index (χ0n) is 13.0. The number of allylic oxidation sites excluding steroid dienone is 2. The highest BCUT2D eigenvalue weighted by Crippen LogP contribution is 2.41. The molecule has 0 spiro atoms. The highest BCUT2D eigenvalue weighted by Gasteiger charge is 2.35. The molecule has 2 aliphatic carbocycles. The molecule has 2 amide bonds. The van der Waals surface area contributed by atoms with E-state index in [0.717, 1.165) is 31.6 Å². The second-order valence-corrected chi connectivity index (χ2v) is 7.81. The minimum atomic E-state index is -0.00277. The van der Waals surface area contributed by atoms with Gasteiger partial charge in [-0.05, 0) is 44.4 Å². The van der Waals surface area contributed by atoms with Crippen LogP contribution in [0.3, 0.4) is 0 Å². The van der Waals surface area contributed by atoms with E-state index in [1.54, 1.807) is 11.3 Å². The molecule has 4 rings (SSSR count). The summed E-state index contributed by atoms with van der Waals surface area (Å²) >= 11 is 1.74. The van der Waals surface area contributed by atoms with Gasteiger partial charge in [-0.1, -0.05) is 12.2 Å². The van der Waals surface area contributed by atoms with Gasteiger partial charge in [-0.15, -0.1) is 11.3 Å². The number of likely N-dealkylation sites (tertiary alicyclic amines) is 1. The van der Waals surface area contributed by atoms with Gasteiger partial charge in [-0.2, -0.15) is 0 Å².